The highest BCUT2D eigenvalue weighted by atomic mass is 16.4. The summed E-state index contributed by atoms with van der Waals surface area (Å²) in [6.07, 6.45) is 8.37. The van der Waals surface area contributed by atoms with Gasteiger partial charge >= 0.3 is 0 Å². The highest BCUT2D eigenvalue weighted by Gasteiger charge is 2.21. The Morgan fingerprint density at radius 1 is 1.25 bits per heavy atom. The number of aliphatic hydroxyl groups is 1. The number of aromatic nitrogens is 1. The average Bonchev–Trinajstić information content (AvgIpc) is 3.14. The second-order valence-electron chi connectivity index (χ2n) is 6.24. The zero-order chi connectivity index (χ0) is 16.5. The second-order valence-corrected chi connectivity index (χ2v) is 6.24. The van der Waals surface area contributed by atoms with E-state index in [1.165, 1.54) is 0 Å². The van der Waals surface area contributed by atoms with Crippen molar-refractivity contribution in [2.24, 2.45) is 4.99 Å². The van der Waals surface area contributed by atoms with Crippen LogP contribution in [0.3, 0.4) is 0 Å². The van der Waals surface area contributed by atoms with Crippen molar-refractivity contribution in [3.8, 4) is 5.75 Å². The van der Waals surface area contributed by atoms with Gasteiger partial charge in [-0.3, -0.25) is 0 Å². The lowest BCUT2D eigenvalue weighted by molar-refractivity contribution is 0.125. The molecule has 0 radical (unpaired) electrons. The molecule has 124 valence electrons. The number of aliphatic hydroxyl groups excluding tert-OH is 1. The van der Waals surface area contributed by atoms with Crippen molar-refractivity contribution >= 4 is 29.6 Å². The Hall–Kier alpha value is -2.60. The van der Waals surface area contributed by atoms with Crippen molar-refractivity contribution < 1.29 is 14.6 Å². The molecule has 1 aliphatic carbocycles. The van der Waals surface area contributed by atoms with Crippen LogP contribution in [-0.4, -0.2) is 33.6 Å². The monoisotopic (exact) mass is 325 g/mol. The number of nitrogens with one attached hydrogen (secondary N) is 1. The van der Waals surface area contributed by atoms with Crippen LogP contribution in [0.5, 0.6) is 5.75 Å². The molecule has 2 aromatic heterocycles. The van der Waals surface area contributed by atoms with Crippen LogP contribution in [0.4, 0.5) is 11.7 Å². The lowest BCUT2D eigenvalue weighted by atomic mass is 9.93. The van der Waals surface area contributed by atoms with Gasteiger partial charge in [0.05, 0.1) is 6.10 Å². The first kappa shape index (κ1) is 15.0. The van der Waals surface area contributed by atoms with Crippen molar-refractivity contribution in [1.29, 1.82) is 0 Å². The molecule has 0 unspecified atom stereocenters. The summed E-state index contributed by atoms with van der Waals surface area (Å²) >= 11 is 0. The lowest BCUT2D eigenvalue weighted by Crippen LogP contribution is -2.27. The van der Waals surface area contributed by atoms with E-state index in [9.17, 15) is 10.2 Å². The van der Waals surface area contributed by atoms with Gasteiger partial charge < -0.3 is 19.9 Å². The van der Waals surface area contributed by atoms with Crippen molar-refractivity contribution in [1.82, 2.24) is 4.98 Å². The third-order valence-electron chi connectivity index (χ3n) is 4.49. The molecule has 2 aliphatic rings. The van der Waals surface area contributed by atoms with E-state index in [1.54, 1.807) is 24.6 Å². The Morgan fingerprint density at radius 2 is 2.08 bits per heavy atom. The Bertz CT molecular complexity index is 802. The van der Waals surface area contributed by atoms with Gasteiger partial charge in [-0.15, -0.1) is 0 Å². The molecule has 0 aromatic carbocycles. The van der Waals surface area contributed by atoms with Gasteiger partial charge in [0.1, 0.15) is 0 Å². The molecule has 6 nitrogen and oxygen atoms in total. The van der Waals surface area contributed by atoms with E-state index < -0.39 is 0 Å². The molecule has 0 atom stereocenters. The molecule has 0 amide bonds. The largest absolute Gasteiger partial charge is 0.504 e. The minimum Gasteiger partial charge on any atom is -0.504 e. The van der Waals surface area contributed by atoms with Gasteiger partial charge in [-0.25, -0.2) is 9.98 Å². The van der Waals surface area contributed by atoms with Crippen molar-refractivity contribution in [3.63, 3.8) is 0 Å². The Morgan fingerprint density at radius 3 is 2.92 bits per heavy atom. The first-order valence-corrected chi connectivity index (χ1v) is 8.17. The molecule has 1 saturated carbocycles. The Kier molecular flexibility index (Phi) is 3.82. The van der Waals surface area contributed by atoms with Gasteiger partial charge in [0.15, 0.2) is 23.2 Å². The van der Waals surface area contributed by atoms with Crippen molar-refractivity contribution in [3.05, 3.63) is 35.7 Å². The molecule has 3 heterocycles. The fourth-order valence-electron chi connectivity index (χ4n) is 3.17. The van der Waals surface area contributed by atoms with Gasteiger partial charge in [-0.05, 0) is 43.9 Å². The quantitative estimate of drug-likeness (QED) is 0.805. The molecule has 24 heavy (non-hydrogen) atoms. The topological polar surface area (TPSA) is 90.9 Å². The highest BCUT2D eigenvalue weighted by molar-refractivity contribution is 6.20. The average molecular weight is 325 g/mol. The summed E-state index contributed by atoms with van der Waals surface area (Å²) in [7, 11) is 0. The van der Waals surface area contributed by atoms with Crippen LogP contribution in [0.1, 0.15) is 37.0 Å². The van der Waals surface area contributed by atoms with E-state index in [-0.39, 0.29) is 17.9 Å². The number of anilines is 1. The van der Waals surface area contributed by atoms with Gasteiger partial charge in [-0.2, -0.15) is 0 Å². The first-order valence-electron chi connectivity index (χ1n) is 8.17. The number of hydrogen-bond donors (Lipinski definition) is 3. The van der Waals surface area contributed by atoms with Crippen LogP contribution < -0.4 is 5.32 Å². The van der Waals surface area contributed by atoms with E-state index in [0.717, 1.165) is 36.8 Å². The smallest absolute Gasteiger partial charge is 0.197 e. The predicted molar refractivity (Wildman–Crippen MR) is 92.5 cm³/mol. The summed E-state index contributed by atoms with van der Waals surface area (Å²) in [5.41, 5.74) is 1.78. The molecule has 6 heteroatoms. The number of aromatic hydroxyl groups is 1. The van der Waals surface area contributed by atoms with Gasteiger partial charge in [0.25, 0.3) is 0 Å². The van der Waals surface area contributed by atoms with Crippen LogP contribution in [0.25, 0.3) is 11.6 Å². The van der Waals surface area contributed by atoms with Gasteiger partial charge in [-0.1, -0.05) is 0 Å². The van der Waals surface area contributed by atoms with E-state index in [2.05, 4.69) is 15.3 Å². The van der Waals surface area contributed by atoms with Crippen molar-refractivity contribution in [2.75, 3.05) is 5.32 Å². The van der Waals surface area contributed by atoms with E-state index in [1.807, 2.05) is 12.1 Å². The predicted octanol–water partition coefficient (Wildman–Crippen LogP) is 3.35. The lowest BCUT2D eigenvalue weighted by Gasteiger charge is -2.25. The van der Waals surface area contributed by atoms with Crippen LogP contribution in [-0.2, 0) is 0 Å². The fourth-order valence-corrected chi connectivity index (χ4v) is 3.17. The highest BCUT2D eigenvalue weighted by Crippen LogP contribution is 2.35. The zero-order valence-corrected chi connectivity index (χ0v) is 13.1. The minimum absolute atomic E-state index is 0.0894. The summed E-state index contributed by atoms with van der Waals surface area (Å²) < 4.78 is 5.74. The number of allylic oxidation sites excluding steroid dienone is 1. The second kappa shape index (κ2) is 6.13. The number of nitrogens with zero attached hydrogens (tertiary/aromatic N) is 2. The maximum absolute atomic E-state index is 10.1. The molecule has 3 N–H and O–H groups in total. The standard InChI is InChI=1S/C18H19N3O3/c22-13-5-3-12(4-6-13)21-17-9-15(23)16(24-17)8-11-10-20-18-14(11)2-1-7-19-18/h1-2,7-10,12-13,21-23H,3-6H2. The third kappa shape index (κ3) is 2.92. The van der Waals surface area contributed by atoms with Gasteiger partial charge in [0, 0.05) is 35.7 Å². The number of hydrogen-bond acceptors (Lipinski definition) is 6. The first-order chi connectivity index (χ1) is 11.7. The SMILES string of the molecule is Oc1cc(NC2CCC(O)CC2)oc1C=C1C=Nc2ncccc21. The van der Waals surface area contributed by atoms with Crippen LogP contribution in [0.2, 0.25) is 0 Å². The van der Waals surface area contributed by atoms with E-state index >= 15 is 0 Å². The number of rotatable bonds is 3. The van der Waals surface area contributed by atoms with E-state index in [4.69, 9.17) is 4.42 Å². The molecule has 2 aromatic rings. The zero-order valence-electron chi connectivity index (χ0n) is 13.1. The molecule has 1 aliphatic heterocycles. The maximum Gasteiger partial charge on any atom is 0.197 e. The number of pyridine rings is 1. The number of aliphatic imine (C=N–C) groups is 1. The molecular formula is C18H19N3O3. The summed E-state index contributed by atoms with van der Waals surface area (Å²) in [6.45, 7) is 0. The van der Waals surface area contributed by atoms with E-state index in [0.29, 0.717) is 17.5 Å². The Balaban J connectivity index is 1.52. The normalized spacial score (nSPS) is 24.3. The summed E-state index contributed by atoms with van der Waals surface area (Å²) in [5.74, 6) is 1.70. The van der Waals surface area contributed by atoms with Crippen LogP contribution in [0.15, 0.2) is 33.8 Å². The van der Waals surface area contributed by atoms with Crippen LogP contribution >= 0.6 is 0 Å². The van der Waals surface area contributed by atoms with Crippen molar-refractivity contribution in [2.45, 2.75) is 37.8 Å². The summed E-state index contributed by atoms with van der Waals surface area (Å²) in [6, 6.07) is 5.65. The number of furan rings is 1. The van der Waals surface area contributed by atoms with Crippen LogP contribution in [0, 0.1) is 0 Å². The summed E-state index contributed by atoms with van der Waals surface area (Å²) in [4.78, 5) is 8.44. The molecular weight excluding hydrogens is 306 g/mol. The third-order valence-corrected chi connectivity index (χ3v) is 4.49. The molecule has 0 saturated heterocycles. The fraction of sp³-hybridized carbons (Fsp3) is 0.333. The Labute approximate surface area is 139 Å². The minimum atomic E-state index is -0.191. The molecule has 0 bridgehead atoms. The van der Waals surface area contributed by atoms with Gasteiger partial charge in [0.2, 0.25) is 0 Å². The molecule has 4 rings (SSSR count). The maximum atomic E-state index is 10.1. The summed E-state index contributed by atoms with van der Waals surface area (Å²) in [5, 5.41) is 23.0. The molecule has 0 spiro atoms. The number of fused-ring (bicyclic) bond motifs is 1. The molecule has 1 fully saturated rings.